The number of allylic oxidation sites excluding steroid dienone is 3. The number of epoxide rings is 6. The Labute approximate surface area is 498 Å². The van der Waals surface area contributed by atoms with Gasteiger partial charge in [0.2, 0.25) is 5.60 Å². The number of benzene rings is 1. The van der Waals surface area contributed by atoms with Crippen LogP contribution in [0, 0.1) is 59.2 Å². The summed E-state index contributed by atoms with van der Waals surface area (Å²) < 4.78 is 64.2. The fourth-order valence-electron chi connectivity index (χ4n) is 27.6. The Morgan fingerprint density at radius 1 is 0.778 bits per heavy atom. The van der Waals surface area contributed by atoms with Crippen LogP contribution in [0.1, 0.15) is 41.5 Å². The molecule has 90 heavy (non-hydrogen) atoms. The third kappa shape index (κ3) is 3.22. The SMILES string of the molecule is CO[C@@]1(C(=O)O)C2C=CC(OC=O)=C3C2=C2C4c5c3cc(OC=O)c3c5[C@]5(O)C(C(O)C3)C(C(=O)O)C36OC3(C(=O)O)C3C(O)C7C=C(O)C=C8C(C(=O)O)C9=C(C(C)=O)C%10%11O[C@]%10%12C%10=C(CC1C21OC%101C1=C2C%12C9[C@]9(O[C@]879)[C@@]37O[C@]27C6[C@@]52O[C@@]142)C(C(=O)O)=C%11O. The van der Waals surface area contributed by atoms with E-state index in [2.05, 4.69) is 0 Å². The number of Topliss-reactive ketones (excluding diaryl/α,β-unsaturated/α-hetero) is 1. The zero-order chi connectivity index (χ0) is 61.7. The molecule has 1 aromatic carbocycles. The molecule has 454 valence electrons. The maximum Gasteiger partial charge on any atom is 0.339 e. The number of hydrogen-bond acceptors (Lipinski definition) is 22. The number of aliphatic hydroxyl groups excluding tert-OH is 4. The molecule has 17 aliphatic carbocycles. The van der Waals surface area contributed by atoms with Gasteiger partial charge in [0, 0.05) is 82.8 Å². The largest absolute Gasteiger partial charge is 0.508 e. The summed E-state index contributed by atoms with van der Waals surface area (Å²) >= 11 is 0. The Morgan fingerprint density at radius 3 is 2.19 bits per heavy atom. The van der Waals surface area contributed by atoms with Gasteiger partial charge in [0.25, 0.3) is 12.9 Å². The highest BCUT2D eigenvalue weighted by atomic mass is 16.8. The third-order valence-corrected chi connectivity index (χ3v) is 28.3. The summed E-state index contributed by atoms with van der Waals surface area (Å²) in [5.41, 5.74) is -37.0. The first-order chi connectivity index (χ1) is 42.8. The van der Waals surface area contributed by atoms with Crippen LogP contribution in [0.25, 0.3) is 5.57 Å². The number of carbonyl (C=O) groups is 8. The number of ether oxygens (including phenoxy) is 9. The quantitative estimate of drug-likeness (QED) is 0.0706. The van der Waals surface area contributed by atoms with Crippen LogP contribution in [-0.2, 0) is 88.3 Å². The number of aliphatic hydroxyl groups is 5. The molecule has 12 fully saturated rings. The van der Waals surface area contributed by atoms with Crippen LogP contribution in [0.2, 0.25) is 0 Å². The summed E-state index contributed by atoms with van der Waals surface area (Å²) in [5.74, 6) is -31.7. The minimum Gasteiger partial charge on any atom is -0.508 e. The second-order valence-corrected chi connectivity index (χ2v) is 29.0. The minimum atomic E-state index is -2.98. The van der Waals surface area contributed by atoms with E-state index >= 15 is 24.3 Å². The average Bonchev–Trinajstić information content (AvgIpc) is 1.33. The van der Waals surface area contributed by atoms with E-state index in [1.54, 1.807) is 0 Å². The Kier molecular flexibility index (Phi) is 6.51. The van der Waals surface area contributed by atoms with E-state index in [0.717, 1.165) is 20.1 Å². The molecule has 27 heteroatoms. The molecule has 0 aromatic heterocycles. The number of fused-ring (bicyclic) bond motifs is 2. The number of hydrogen-bond donors (Lipinski definition) is 10. The second kappa shape index (κ2) is 12.0. The van der Waals surface area contributed by atoms with E-state index in [4.69, 9.17) is 42.6 Å². The Bertz CT molecular complexity index is 4780. The van der Waals surface area contributed by atoms with E-state index in [0.29, 0.717) is 0 Å². The lowest BCUT2D eigenvalue weighted by Gasteiger charge is -2.72. The number of carbonyl (C=O) groups excluding carboxylic acids is 3. The van der Waals surface area contributed by atoms with E-state index in [-0.39, 0.29) is 96.9 Å². The molecule has 0 bridgehead atoms. The lowest BCUT2D eigenvalue weighted by Crippen LogP contribution is -2.88. The van der Waals surface area contributed by atoms with Crippen LogP contribution in [0.5, 0.6) is 5.75 Å². The van der Waals surface area contributed by atoms with Crippen molar-refractivity contribution >= 4 is 54.1 Å². The average molecular weight is 1230 g/mol. The van der Waals surface area contributed by atoms with Gasteiger partial charge in [-0.2, -0.15) is 0 Å². The van der Waals surface area contributed by atoms with Gasteiger partial charge in [-0.15, -0.1) is 0 Å². The minimum absolute atomic E-state index is 0.0164. The highest BCUT2D eigenvalue weighted by Gasteiger charge is 3.22. The van der Waals surface area contributed by atoms with Gasteiger partial charge in [-0.05, 0) is 87.8 Å². The summed E-state index contributed by atoms with van der Waals surface area (Å²) in [4.78, 5) is 117. The monoisotopic (exact) mass is 1230 g/mol. The molecule has 27 atom stereocenters. The van der Waals surface area contributed by atoms with Gasteiger partial charge in [-0.25, -0.2) is 14.4 Å². The lowest BCUT2D eigenvalue weighted by atomic mass is 9.24. The van der Waals surface area contributed by atoms with Crippen molar-refractivity contribution in [2.75, 3.05) is 7.11 Å². The molecule has 10 N–H and O–H groups in total. The molecule has 6 heterocycles. The van der Waals surface area contributed by atoms with Gasteiger partial charge in [-0.3, -0.25) is 24.0 Å². The van der Waals surface area contributed by atoms with Gasteiger partial charge < -0.3 is 93.7 Å². The van der Waals surface area contributed by atoms with Crippen molar-refractivity contribution in [1.29, 1.82) is 0 Å². The molecule has 1 aromatic rings. The Morgan fingerprint density at radius 2 is 1.51 bits per heavy atom. The summed E-state index contributed by atoms with van der Waals surface area (Å²) in [7, 11) is 1.14. The highest BCUT2D eigenvalue weighted by Crippen LogP contribution is 3.07. The zero-order valence-electron chi connectivity index (χ0n) is 45.9. The van der Waals surface area contributed by atoms with Crippen LogP contribution in [0.4, 0.5) is 0 Å². The number of carboxylic acids is 5. The topological polar surface area (TPSA) is 442 Å². The van der Waals surface area contributed by atoms with Crippen LogP contribution < -0.4 is 4.74 Å². The molecule has 0 amide bonds. The normalized spacial score (nSPS) is 57.2. The maximum atomic E-state index is 15.5. The smallest absolute Gasteiger partial charge is 0.339 e. The third-order valence-electron chi connectivity index (χ3n) is 28.3. The molecule has 6 aliphatic heterocycles. The molecule has 27 nitrogen and oxygen atoms in total. The van der Waals surface area contributed by atoms with E-state index in [9.17, 15) is 65.1 Å². The van der Waals surface area contributed by atoms with Crippen molar-refractivity contribution in [2.24, 2.45) is 59.2 Å². The molecular weight excluding hydrogens is 1190 g/mol. The van der Waals surface area contributed by atoms with Crippen LogP contribution in [0.15, 0.2) is 103 Å². The predicted octanol–water partition coefficient (Wildman–Crippen LogP) is -1.21. The van der Waals surface area contributed by atoms with Crippen molar-refractivity contribution in [3.8, 4) is 5.75 Å². The number of aliphatic carboxylic acids is 5. The van der Waals surface area contributed by atoms with Crippen LogP contribution in [0.3, 0.4) is 0 Å². The Hall–Kier alpha value is -7.96. The van der Waals surface area contributed by atoms with E-state index in [1.165, 1.54) is 24.3 Å². The van der Waals surface area contributed by atoms with Gasteiger partial charge in [0.05, 0.1) is 30.0 Å². The van der Waals surface area contributed by atoms with Gasteiger partial charge >= 0.3 is 29.8 Å². The highest BCUT2D eigenvalue weighted by molar-refractivity contribution is 6.09. The summed E-state index contributed by atoms with van der Waals surface area (Å²) in [5, 5.41) is 129. The number of methoxy groups -OCH3 is 1. The van der Waals surface area contributed by atoms with Crippen LogP contribution in [-0.4, -0.2) is 192 Å². The molecular formula is C63H40O27. The fourth-order valence-corrected chi connectivity index (χ4v) is 27.6. The molecule has 0 radical (unpaired) electrons. The number of carboxylic acid groups (broad SMARTS) is 5. The standard InChI is InChI=1S/C63H40O27/c1-12(66)30-29-28(45(73)74)18-5-13(67)6-19-39(69)42-60(49(79)80)57(87-60)38(46(75)76)32-20(68)7-14-22(84-11-65)8-15-24-21(83-10-64)4-3-17-27(24)34-33-25(15)31(14)51(32,81)63-47(57)58-37-36(35(29)61(52(18,19)88-61)62(42,58)90-58)54-40-16(26(44(71)72)43(70)56(30,54)86-54)9-23(50(17,82-2)48(77)78)53(34)59(40,85-53)41(37)55(33,63)89-63/h3-6,8,10-11,17,19-20,23,28,32-33,35-36,38-39,42,47,67-70,81H,7,9H2,1-2H3,(H,71,72)(H,73,74)(H,75,76)(H,77,78)(H,79,80)/t17?,19?,20?,23?,28?,32?,33?,35?,36?,38?,39?,42?,47?,50-,51-,52+,53?,54+,55+,56?,57?,58-,59?,60?,61+,62+,63+/m0/s1. The first-order valence-electron chi connectivity index (χ1n) is 29.8. The summed E-state index contributed by atoms with van der Waals surface area (Å²) in [6.45, 7) is 1.27. The molecule has 18 unspecified atom stereocenters. The molecule has 6 saturated heterocycles. The van der Waals surface area contributed by atoms with Crippen molar-refractivity contribution < 1.29 is 132 Å². The Balaban J connectivity index is 0.986. The molecule has 6 saturated carbocycles. The predicted molar refractivity (Wildman–Crippen MR) is 273 cm³/mol. The van der Waals surface area contributed by atoms with E-state index < -0.39 is 227 Å². The van der Waals surface area contributed by atoms with E-state index in [1.807, 2.05) is 0 Å². The number of rotatable bonds is 11. The van der Waals surface area contributed by atoms with Crippen molar-refractivity contribution in [2.45, 2.75) is 116 Å². The maximum absolute atomic E-state index is 15.5. The van der Waals surface area contributed by atoms with Crippen molar-refractivity contribution in [3.05, 3.63) is 126 Å². The lowest BCUT2D eigenvalue weighted by molar-refractivity contribution is -0.242. The summed E-state index contributed by atoms with van der Waals surface area (Å²) in [6.07, 6.45) is -0.331. The molecule has 24 rings (SSSR count). The molecule has 23 aliphatic rings. The number of ketones is 1. The fraction of sp³-hybridized carbons (Fsp3) is 0.492. The molecule has 10 spiro atoms. The van der Waals surface area contributed by atoms with Crippen LogP contribution >= 0.6 is 0 Å². The zero-order valence-corrected chi connectivity index (χ0v) is 45.9. The first kappa shape index (κ1) is 48.8. The van der Waals surface area contributed by atoms with Gasteiger partial charge in [0.1, 0.15) is 90.5 Å². The van der Waals surface area contributed by atoms with Crippen molar-refractivity contribution in [1.82, 2.24) is 0 Å². The first-order valence-corrected chi connectivity index (χ1v) is 29.8. The second-order valence-electron chi connectivity index (χ2n) is 29.0. The van der Waals surface area contributed by atoms with Gasteiger partial charge in [0.15, 0.2) is 22.6 Å². The van der Waals surface area contributed by atoms with Crippen molar-refractivity contribution in [3.63, 3.8) is 0 Å². The summed E-state index contributed by atoms with van der Waals surface area (Å²) in [6, 6.07) is 1.40. The van der Waals surface area contributed by atoms with Gasteiger partial charge in [-0.1, -0.05) is 6.08 Å².